The minimum atomic E-state index is -0.598. The molecule has 238 valence electrons. The van der Waals surface area contributed by atoms with Crippen LogP contribution in [0.5, 0.6) is 0 Å². The molecule has 0 atom stereocenters. The SMILES string of the molecule is CCCc1c(Cc2ccc(-c3ccccc3-c3noc(=O)[nH]3)cc2)c(=O)n(C2CCC(=NOC3CCOCC3)CC2)c2ncnn12. The van der Waals surface area contributed by atoms with Crippen LogP contribution in [0.15, 0.2) is 74.1 Å². The van der Waals surface area contributed by atoms with Gasteiger partial charge in [0.15, 0.2) is 5.82 Å². The Bertz CT molecular complexity index is 1950. The first-order valence-corrected chi connectivity index (χ1v) is 16.1. The average Bonchev–Trinajstić information content (AvgIpc) is 3.76. The second-order valence-corrected chi connectivity index (χ2v) is 12.0. The number of nitrogens with zero attached hydrogens (tertiary/aromatic N) is 6. The van der Waals surface area contributed by atoms with Gasteiger partial charge in [-0.1, -0.05) is 72.2 Å². The van der Waals surface area contributed by atoms with Gasteiger partial charge in [0, 0.05) is 36.4 Å². The van der Waals surface area contributed by atoms with E-state index in [0.29, 0.717) is 18.0 Å². The van der Waals surface area contributed by atoms with Crippen LogP contribution in [-0.2, 0) is 22.4 Å². The van der Waals surface area contributed by atoms with Crippen molar-refractivity contribution in [1.29, 1.82) is 0 Å². The molecular weight excluding hydrogens is 586 g/mol. The molecule has 3 aromatic heterocycles. The van der Waals surface area contributed by atoms with Gasteiger partial charge < -0.3 is 9.57 Å². The van der Waals surface area contributed by atoms with Crippen LogP contribution in [0.4, 0.5) is 0 Å². The van der Waals surface area contributed by atoms with Crippen molar-refractivity contribution in [1.82, 2.24) is 29.3 Å². The summed E-state index contributed by atoms with van der Waals surface area (Å²) in [5.41, 5.74) is 6.35. The lowest BCUT2D eigenvalue weighted by molar-refractivity contribution is -0.0305. The molecule has 0 spiro atoms. The summed E-state index contributed by atoms with van der Waals surface area (Å²) in [4.78, 5) is 39.0. The number of benzene rings is 2. The Morgan fingerprint density at radius 2 is 1.76 bits per heavy atom. The number of aromatic nitrogens is 6. The molecule has 46 heavy (non-hydrogen) atoms. The Kier molecular flexibility index (Phi) is 8.60. The lowest BCUT2D eigenvalue weighted by Gasteiger charge is -2.27. The van der Waals surface area contributed by atoms with E-state index >= 15 is 0 Å². The topological polar surface area (TPSA) is 142 Å². The van der Waals surface area contributed by atoms with Gasteiger partial charge in [-0.25, -0.2) is 9.31 Å². The highest BCUT2D eigenvalue weighted by Gasteiger charge is 2.27. The molecule has 1 saturated heterocycles. The molecule has 0 amide bonds. The van der Waals surface area contributed by atoms with Crippen molar-refractivity contribution in [3.8, 4) is 22.5 Å². The molecular formula is C34H37N7O5. The third-order valence-electron chi connectivity index (χ3n) is 8.98. The molecule has 12 heteroatoms. The zero-order valence-corrected chi connectivity index (χ0v) is 25.9. The van der Waals surface area contributed by atoms with Gasteiger partial charge in [-0.3, -0.25) is 18.9 Å². The van der Waals surface area contributed by atoms with E-state index in [1.807, 2.05) is 57.6 Å². The highest BCUT2D eigenvalue weighted by Crippen LogP contribution is 2.31. The monoisotopic (exact) mass is 623 g/mol. The lowest BCUT2D eigenvalue weighted by Crippen LogP contribution is -2.34. The fraction of sp³-hybridized carbons (Fsp3) is 0.412. The van der Waals surface area contributed by atoms with Crippen LogP contribution >= 0.6 is 0 Å². The van der Waals surface area contributed by atoms with Crippen molar-refractivity contribution in [2.24, 2.45) is 5.16 Å². The predicted octanol–water partition coefficient (Wildman–Crippen LogP) is 5.11. The van der Waals surface area contributed by atoms with Crippen LogP contribution in [0.25, 0.3) is 28.3 Å². The van der Waals surface area contributed by atoms with E-state index in [1.54, 1.807) is 6.33 Å². The molecule has 1 aliphatic heterocycles. The van der Waals surface area contributed by atoms with Gasteiger partial charge in [-0.05, 0) is 48.8 Å². The maximum Gasteiger partial charge on any atom is 0.439 e. The number of rotatable bonds is 9. The maximum atomic E-state index is 14.4. The highest BCUT2D eigenvalue weighted by atomic mass is 16.6. The van der Waals surface area contributed by atoms with Crippen molar-refractivity contribution in [2.75, 3.05) is 13.2 Å². The molecule has 1 saturated carbocycles. The number of fused-ring (bicyclic) bond motifs is 1. The van der Waals surface area contributed by atoms with E-state index in [-0.39, 0.29) is 17.7 Å². The molecule has 0 bridgehead atoms. The number of nitrogens with one attached hydrogen (secondary N) is 1. The largest absolute Gasteiger partial charge is 0.439 e. The zero-order valence-electron chi connectivity index (χ0n) is 25.9. The molecule has 1 N–H and O–H groups in total. The van der Waals surface area contributed by atoms with E-state index in [0.717, 1.165) is 104 Å². The fourth-order valence-corrected chi connectivity index (χ4v) is 6.59. The normalized spacial score (nSPS) is 17.4. The molecule has 2 aliphatic rings. The number of ether oxygens (including phenoxy) is 1. The quantitative estimate of drug-likeness (QED) is 0.223. The number of hydrogen-bond donors (Lipinski definition) is 1. The van der Waals surface area contributed by atoms with Crippen LogP contribution in [0.2, 0.25) is 0 Å². The molecule has 4 heterocycles. The molecule has 1 aliphatic carbocycles. The van der Waals surface area contributed by atoms with Gasteiger partial charge in [-0.2, -0.15) is 10.1 Å². The van der Waals surface area contributed by atoms with Gasteiger partial charge >= 0.3 is 5.76 Å². The van der Waals surface area contributed by atoms with E-state index in [9.17, 15) is 9.59 Å². The summed E-state index contributed by atoms with van der Waals surface area (Å²) in [6.07, 6.45) is 8.59. The standard InChI is InChI=1S/C34H37N7O5/c1-2-5-30-29(20-22-8-10-23(11-9-22)27-6-3-4-7-28(27)31-37-34(43)46-39-31)32(42)40(33-35-21-36-41(30)33)25-14-12-24(13-15-25)38-45-26-16-18-44-19-17-26/h3-4,6-11,21,25-26H,2,5,12-20H2,1H3,(H,37,39,43). The molecule has 7 rings (SSSR count). The summed E-state index contributed by atoms with van der Waals surface area (Å²) in [7, 11) is 0. The summed E-state index contributed by atoms with van der Waals surface area (Å²) in [5.74, 6) is 0.377. The van der Waals surface area contributed by atoms with Gasteiger partial charge in [0.2, 0.25) is 5.78 Å². The smallest absolute Gasteiger partial charge is 0.392 e. The third kappa shape index (κ3) is 6.04. The first-order valence-electron chi connectivity index (χ1n) is 16.1. The van der Waals surface area contributed by atoms with Crippen molar-refractivity contribution in [3.05, 3.63) is 92.6 Å². The van der Waals surface area contributed by atoms with Crippen LogP contribution in [-0.4, -0.2) is 54.3 Å². The Hall–Kier alpha value is -4.84. The van der Waals surface area contributed by atoms with Crippen molar-refractivity contribution in [3.63, 3.8) is 0 Å². The molecule has 12 nitrogen and oxygen atoms in total. The Balaban J connectivity index is 1.16. The number of oxime groups is 1. The van der Waals surface area contributed by atoms with Gasteiger partial charge in [0.05, 0.1) is 24.6 Å². The van der Waals surface area contributed by atoms with Crippen LogP contribution in [0.3, 0.4) is 0 Å². The van der Waals surface area contributed by atoms with Crippen molar-refractivity contribution >= 4 is 11.5 Å². The Labute approximate surface area is 265 Å². The van der Waals surface area contributed by atoms with E-state index in [4.69, 9.17) is 14.1 Å². The van der Waals surface area contributed by atoms with E-state index in [2.05, 4.69) is 32.3 Å². The van der Waals surface area contributed by atoms with E-state index < -0.39 is 5.76 Å². The second kappa shape index (κ2) is 13.3. The number of aromatic amines is 1. The van der Waals surface area contributed by atoms with Gasteiger partial charge in [-0.15, -0.1) is 0 Å². The van der Waals surface area contributed by atoms with Crippen LogP contribution in [0.1, 0.15) is 74.7 Å². The Morgan fingerprint density at radius 3 is 2.48 bits per heavy atom. The summed E-state index contributed by atoms with van der Waals surface area (Å²) in [6.45, 7) is 3.54. The lowest BCUT2D eigenvalue weighted by atomic mass is 9.93. The average molecular weight is 624 g/mol. The highest BCUT2D eigenvalue weighted by molar-refractivity contribution is 5.84. The number of hydrogen-bond acceptors (Lipinski definition) is 9. The fourth-order valence-electron chi connectivity index (χ4n) is 6.59. The number of aryl methyl sites for hydroxylation is 1. The first kappa shape index (κ1) is 29.8. The third-order valence-corrected chi connectivity index (χ3v) is 8.98. The summed E-state index contributed by atoms with van der Waals surface area (Å²) in [5, 5.41) is 12.9. The number of H-pyrrole nitrogens is 1. The minimum Gasteiger partial charge on any atom is -0.392 e. The van der Waals surface area contributed by atoms with Crippen molar-refractivity contribution < 1.29 is 14.1 Å². The molecule has 0 unspecified atom stereocenters. The zero-order chi connectivity index (χ0) is 31.5. The maximum absolute atomic E-state index is 14.4. The van der Waals surface area contributed by atoms with Gasteiger partial charge in [0.25, 0.3) is 5.56 Å². The van der Waals surface area contributed by atoms with Crippen LogP contribution < -0.4 is 11.3 Å². The summed E-state index contributed by atoms with van der Waals surface area (Å²) >= 11 is 0. The molecule has 2 fully saturated rings. The van der Waals surface area contributed by atoms with Crippen molar-refractivity contribution in [2.45, 2.75) is 76.9 Å². The molecule has 0 radical (unpaired) electrons. The first-order chi connectivity index (χ1) is 22.6. The second-order valence-electron chi connectivity index (χ2n) is 12.0. The van der Waals surface area contributed by atoms with Gasteiger partial charge in [0.1, 0.15) is 12.4 Å². The summed E-state index contributed by atoms with van der Waals surface area (Å²) < 4.78 is 13.9. The minimum absolute atomic E-state index is 0.00231. The molecule has 5 aromatic rings. The predicted molar refractivity (Wildman–Crippen MR) is 172 cm³/mol. The van der Waals surface area contributed by atoms with Crippen LogP contribution in [0, 0.1) is 0 Å². The van der Waals surface area contributed by atoms with E-state index in [1.165, 1.54) is 0 Å². The molecule has 2 aromatic carbocycles. The summed E-state index contributed by atoms with van der Waals surface area (Å²) in [6, 6.07) is 15.9. The Morgan fingerprint density at radius 1 is 1.00 bits per heavy atom.